The molecule has 7 heteroatoms. The molecule has 0 saturated heterocycles. The Morgan fingerprint density at radius 1 is 1.71 bits per heavy atom. The number of aliphatic hydroxyl groups excluding tert-OH is 1. The second-order valence-electron chi connectivity index (χ2n) is 3.45. The second kappa shape index (κ2) is 7.75. The maximum absolute atomic E-state index is 11.0. The summed E-state index contributed by atoms with van der Waals surface area (Å²) in [6.45, 7) is 2.98. The number of carbonyl (C=O) groups excluding carboxylic acids is 1. The zero-order valence-corrected chi connectivity index (χ0v) is 9.76. The third-order valence-corrected chi connectivity index (χ3v) is 2.01. The molecule has 0 saturated carbocycles. The molecule has 0 fully saturated rings. The van der Waals surface area contributed by atoms with Gasteiger partial charge < -0.3 is 19.7 Å². The van der Waals surface area contributed by atoms with Gasteiger partial charge in [-0.05, 0) is 6.92 Å². The molecule has 1 atom stereocenters. The molecule has 0 bridgehead atoms. The number of nitrogens with one attached hydrogen (secondary N) is 1. The van der Waals surface area contributed by atoms with E-state index in [0.717, 1.165) is 0 Å². The van der Waals surface area contributed by atoms with Gasteiger partial charge in [0.1, 0.15) is 0 Å². The molecular formula is C10H17N3O4. The van der Waals surface area contributed by atoms with Gasteiger partial charge in [0, 0.05) is 19.5 Å². The average molecular weight is 243 g/mol. The molecule has 0 spiro atoms. The number of esters is 1. The van der Waals surface area contributed by atoms with Crippen LogP contribution in [0.4, 0.5) is 0 Å². The second-order valence-corrected chi connectivity index (χ2v) is 3.45. The highest BCUT2D eigenvalue weighted by Crippen LogP contribution is 1.94. The molecule has 17 heavy (non-hydrogen) atoms. The number of aromatic nitrogens is 2. The number of aliphatic hydroxyl groups is 1. The predicted octanol–water partition coefficient (Wildman–Crippen LogP) is -0.484. The van der Waals surface area contributed by atoms with Gasteiger partial charge >= 0.3 is 5.97 Å². The molecule has 1 unspecified atom stereocenters. The fourth-order valence-corrected chi connectivity index (χ4v) is 1.25. The van der Waals surface area contributed by atoms with Gasteiger partial charge in [-0.15, -0.1) is 0 Å². The number of hydrogen-bond acceptors (Lipinski definition) is 7. The van der Waals surface area contributed by atoms with E-state index in [1.165, 1.54) is 6.33 Å². The third kappa shape index (κ3) is 5.98. The Hall–Kier alpha value is -1.47. The SMILES string of the molecule is CCOC(=O)CC(O)CNCCc1ncno1. The van der Waals surface area contributed by atoms with Gasteiger partial charge in [0.25, 0.3) is 0 Å². The van der Waals surface area contributed by atoms with Gasteiger partial charge in [-0.2, -0.15) is 4.98 Å². The van der Waals surface area contributed by atoms with Crippen molar-refractivity contribution in [3.05, 3.63) is 12.2 Å². The van der Waals surface area contributed by atoms with Crippen molar-refractivity contribution in [1.29, 1.82) is 0 Å². The Labute approximate surface area is 99.2 Å². The standard InChI is InChI=1S/C10H17N3O4/c1-2-16-10(15)5-8(14)6-11-4-3-9-12-7-13-17-9/h7-8,11,14H,2-6H2,1H3. The Kier molecular flexibility index (Phi) is 6.19. The number of ether oxygens (including phenoxy) is 1. The van der Waals surface area contributed by atoms with Crippen LogP contribution in [0.1, 0.15) is 19.2 Å². The normalized spacial score (nSPS) is 12.4. The fourth-order valence-electron chi connectivity index (χ4n) is 1.25. The lowest BCUT2D eigenvalue weighted by Crippen LogP contribution is -2.30. The van der Waals surface area contributed by atoms with E-state index in [-0.39, 0.29) is 6.42 Å². The lowest BCUT2D eigenvalue weighted by molar-refractivity contribution is -0.145. The lowest BCUT2D eigenvalue weighted by Gasteiger charge is -2.10. The molecule has 0 amide bonds. The van der Waals surface area contributed by atoms with Crippen molar-refractivity contribution in [3.63, 3.8) is 0 Å². The molecule has 0 aliphatic heterocycles. The van der Waals surface area contributed by atoms with Crippen LogP contribution in [0.25, 0.3) is 0 Å². The number of rotatable bonds is 8. The van der Waals surface area contributed by atoms with E-state index in [1.807, 2.05) is 0 Å². The molecule has 0 aliphatic carbocycles. The van der Waals surface area contributed by atoms with E-state index in [1.54, 1.807) is 6.92 Å². The first-order valence-electron chi connectivity index (χ1n) is 5.52. The topological polar surface area (TPSA) is 97.5 Å². The van der Waals surface area contributed by atoms with Crippen LogP contribution in [0.5, 0.6) is 0 Å². The summed E-state index contributed by atoms with van der Waals surface area (Å²) in [5.41, 5.74) is 0. The number of carbonyl (C=O) groups is 1. The maximum Gasteiger partial charge on any atom is 0.308 e. The van der Waals surface area contributed by atoms with Crippen molar-refractivity contribution >= 4 is 5.97 Å². The summed E-state index contributed by atoms with van der Waals surface area (Å²) in [6, 6.07) is 0. The molecule has 0 radical (unpaired) electrons. The summed E-state index contributed by atoms with van der Waals surface area (Å²) in [7, 11) is 0. The maximum atomic E-state index is 11.0. The number of nitrogens with zero attached hydrogens (tertiary/aromatic N) is 2. The number of hydrogen-bond donors (Lipinski definition) is 2. The Morgan fingerprint density at radius 2 is 2.53 bits per heavy atom. The van der Waals surface area contributed by atoms with Gasteiger partial charge in [0.15, 0.2) is 6.33 Å². The van der Waals surface area contributed by atoms with Gasteiger partial charge in [-0.3, -0.25) is 4.79 Å². The Bertz CT molecular complexity index is 315. The van der Waals surface area contributed by atoms with Crippen LogP contribution in [0.3, 0.4) is 0 Å². The van der Waals surface area contributed by atoms with Gasteiger partial charge in [-0.1, -0.05) is 5.16 Å². The van der Waals surface area contributed by atoms with Crippen molar-refractivity contribution in [2.75, 3.05) is 19.7 Å². The first-order valence-corrected chi connectivity index (χ1v) is 5.52. The summed E-state index contributed by atoms with van der Waals surface area (Å²) in [6.07, 6.45) is 1.19. The minimum atomic E-state index is -0.739. The highest BCUT2D eigenvalue weighted by atomic mass is 16.5. The van der Waals surface area contributed by atoms with Crippen LogP contribution in [0.15, 0.2) is 10.9 Å². The van der Waals surface area contributed by atoms with Crippen molar-refractivity contribution in [1.82, 2.24) is 15.5 Å². The molecule has 96 valence electrons. The molecule has 0 aliphatic rings. The van der Waals surface area contributed by atoms with Gasteiger partial charge in [0.2, 0.25) is 5.89 Å². The molecule has 1 rings (SSSR count). The first-order chi connectivity index (χ1) is 8.22. The van der Waals surface area contributed by atoms with Crippen molar-refractivity contribution in [2.24, 2.45) is 0 Å². The molecule has 1 heterocycles. The van der Waals surface area contributed by atoms with E-state index < -0.39 is 12.1 Å². The van der Waals surface area contributed by atoms with Crippen molar-refractivity contribution in [2.45, 2.75) is 25.9 Å². The minimum absolute atomic E-state index is 0.00139. The summed E-state index contributed by atoms with van der Waals surface area (Å²) >= 11 is 0. The van der Waals surface area contributed by atoms with Gasteiger partial charge in [-0.25, -0.2) is 0 Å². The first kappa shape index (κ1) is 13.6. The van der Waals surface area contributed by atoms with Crippen LogP contribution in [-0.4, -0.2) is 47.0 Å². The van der Waals surface area contributed by atoms with E-state index in [2.05, 4.69) is 15.5 Å². The summed E-state index contributed by atoms with van der Waals surface area (Å²) in [5.74, 6) is 0.149. The van der Waals surface area contributed by atoms with Gasteiger partial charge in [0.05, 0.1) is 19.1 Å². The smallest absolute Gasteiger partial charge is 0.308 e. The van der Waals surface area contributed by atoms with Crippen LogP contribution >= 0.6 is 0 Å². The van der Waals surface area contributed by atoms with Crippen LogP contribution in [-0.2, 0) is 16.0 Å². The Morgan fingerprint density at radius 3 is 3.18 bits per heavy atom. The highest BCUT2D eigenvalue weighted by molar-refractivity contribution is 5.69. The van der Waals surface area contributed by atoms with E-state index >= 15 is 0 Å². The average Bonchev–Trinajstić information content (AvgIpc) is 2.77. The minimum Gasteiger partial charge on any atom is -0.466 e. The summed E-state index contributed by atoms with van der Waals surface area (Å²) in [5, 5.41) is 15.9. The summed E-state index contributed by atoms with van der Waals surface area (Å²) < 4.78 is 9.52. The molecule has 1 aromatic rings. The van der Waals surface area contributed by atoms with E-state index in [4.69, 9.17) is 9.26 Å². The molecule has 7 nitrogen and oxygen atoms in total. The zero-order valence-electron chi connectivity index (χ0n) is 9.76. The third-order valence-electron chi connectivity index (χ3n) is 2.01. The lowest BCUT2D eigenvalue weighted by atomic mass is 10.2. The van der Waals surface area contributed by atoms with Crippen LogP contribution in [0, 0.1) is 0 Å². The van der Waals surface area contributed by atoms with E-state index in [9.17, 15) is 9.90 Å². The van der Waals surface area contributed by atoms with Crippen LogP contribution in [0.2, 0.25) is 0 Å². The van der Waals surface area contributed by atoms with Crippen molar-refractivity contribution < 1.29 is 19.2 Å². The fraction of sp³-hybridized carbons (Fsp3) is 0.700. The van der Waals surface area contributed by atoms with Crippen LogP contribution < -0.4 is 5.32 Å². The Balaban J connectivity index is 2.04. The quantitative estimate of drug-likeness (QED) is 0.470. The van der Waals surface area contributed by atoms with Crippen molar-refractivity contribution in [3.8, 4) is 0 Å². The molecule has 0 aromatic carbocycles. The molecule has 1 aromatic heterocycles. The highest BCUT2D eigenvalue weighted by Gasteiger charge is 2.11. The molecular weight excluding hydrogens is 226 g/mol. The zero-order chi connectivity index (χ0) is 12.5. The largest absolute Gasteiger partial charge is 0.466 e. The van der Waals surface area contributed by atoms with E-state index in [0.29, 0.717) is 32.0 Å². The summed E-state index contributed by atoms with van der Waals surface area (Å²) in [4.78, 5) is 14.9. The molecule has 2 N–H and O–H groups in total. The predicted molar refractivity (Wildman–Crippen MR) is 58.1 cm³/mol. The monoisotopic (exact) mass is 243 g/mol.